The van der Waals surface area contributed by atoms with Gasteiger partial charge < -0.3 is 24.7 Å². The van der Waals surface area contributed by atoms with Crippen LogP contribution < -0.4 is 19.7 Å². The first-order chi connectivity index (χ1) is 15.5. The number of anilines is 1. The van der Waals surface area contributed by atoms with Crippen LogP contribution in [0.1, 0.15) is 18.2 Å². The Morgan fingerprint density at radius 1 is 1.12 bits per heavy atom. The second kappa shape index (κ2) is 7.37. The van der Waals surface area contributed by atoms with E-state index in [0.29, 0.717) is 28.8 Å². The molecular formula is C23H23N5O4. The summed E-state index contributed by atoms with van der Waals surface area (Å²) in [5.74, 6) is 1.12. The third kappa shape index (κ3) is 2.84. The van der Waals surface area contributed by atoms with Crippen molar-refractivity contribution in [1.29, 1.82) is 0 Å². The molecule has 32 heavy (non-hydrogen) atoms. The molecule has 0 saturated carbocycles. The van der Waals surface area contributed by atoms with E-state index in [4.69, 9.17) is 9.47 Å². The lowest BCUT2D eigenvalue weighted by Gasteiger charge is -2.33. The highest BCUT2D eigenvalue weighted by Crippen LogP contribution is 2.45. The van der Waals surface area contributed by atoms with E-state index in [0.717, 1.165) is 11.0 Å². The number of amidine groups is 1. The molecule has 9 nitrogen and oxygen atoms in total. The number of nitrogens with zero attached hydrogens (tertiary/aromatic N) is 3. The molecule has 2 aliphatic heterocycles. The summed E-state index contributed by atoms with van der Waals surface area (Å²) in [5, 5.41) is 2.83. The highest BCUT2D eigenvalue weighted by molar-refractivity contribution is 6.28. The largest absolute Gasteiger partial charge is 0.497 e. The molecule has 1 spiro atoms. The Balaban J connectivity index is 1.71. The number of fused-ring (bicyclic) bond motifs is 1. The number of aromatic amines is 1. The molecule has 164 valence electrons. The van der Waals surface area contributed by atoms with E-state index in [-0.39, 0.29) is 24.7 Å². The number of benzene rings is 2. The smallest absolute Gasteiger partial charge is 0.223 e. The van der Waals surface area contributed by atoms with Crippen molar-refractivity contribution in [1.82, 2.24) is 15.3 Å². The molecule has 0 bridgehead atoms. The van der Waals surface area contributed by atoms with Gasteiger partial charge in [-0.1, -0.05) is 12.1 Å². The van der Waals surface area contributed by atoms with Crippen LogP contribution in [0.2, 0.25) is 0 Å². The lowest BCUT2D eigenvalue weighted by atomic mass is 9.88. The fourth-order valence-electron chi connectivity index (χ4n) is 4.70. The minimum absolute atomic E-state index is 0.0289. The zero-order valence-corrected chi connectivity index (χ0v) is 18.0. The Morgan fingerprint density at radius 2 is 1.84 bits per heavy atom. The van der Waals surface area contributed by atoms with E-state index in [2.05, 4.69) is 20.3 Å². The number of amides is 1. The summed E-state index contributed by atoms with van der Waals surface area (Å²) >= 11 is 0. The van der Waals surface area contributed by atoms with Crippen molar-refractivity contribution < 1.29 is 19.1 Å². The van der Waals surface area contributed by atoms with Gasteiger partial charge in [-0.25, -0.2) is 4.98 Å². The second-order valence-electron chi connectivity index (χ2n) is 7.91. The average molecular weight is 433 g/mol. The molecule has 0 aliphatic carbocycles. The molecule has 3 aromatic rings. The number of Topliss-reactive ketones (excluding diaryl/α,β-unsaturated/α-hetero) is 1. The molecule has 1 amide bonds. The topological polar surface area (TPSA) is 109 Å². The van der Waals surface area contributed by atoms with Gasteiger partial charge in [-0.05, 0) is 12.1 Å². The van der Waals surface area contributed by atoms with Gasteiger partial charge in [0.2, 0.25) is 5.91 Å². The SMILES string of the molecule is CN=C1C(c2nc3ccccc3[nH]2)C(=O)C2(CNC(=O)C2)N1c1cc(OC)cc(OC)c1. The summed E-state index contributed by atoms with van der Waals surface area (Å²) in [7, 11) is 4.78. The Labute approximate surface area is 184 Å². The van der Waals surface area contributed by atoms with Crippen molar-refractivity contribution in [3.05, 3.63) is 48.3 Å². The van der Waals surface area contributed by atoms with Crippen LogP contribution in [0.5, 0.6) is 11.5 Å². The van der Waals surface area contributed by atoms with Gasteiger partial charge in [-0.2, -0.15) is 0 Å². The number of methoxy groups -OCH3 is 2. The molecule has 2 saturated heterocycles. The number of ketones is 1. The number of hydrogen-bond acceptors (Lipinski definition) is 6. The van der Waals surface area contributed by atoms with Crippen molar-refractivity contribution in [2.75, 3.05) is 32.7 Å². The number of nitrogens with one attached hydrogen (secondary N) is 2. The van der Waals surface area contributed by atoms with Gasteiger partial charge >= 0.3 is 0 Å². The molecule has 5 rings (SSSR count). The number of para-hydroxylation sites is 2. The predicted molar refractivity (Wildman–Crippen MR) is 120 cm³/mol. The average Bonchev–Trinajstić information content (AvgIpc) is 3.47. The van der Waals surface area contributed by atoms with Crippen LogP contribution in [-0.2, 0) is 9.59 Å². The van der Waals surface area contributed by atoms with Gasteiger partial charge in [0.05, 0.1) is 37.4 Å². The lowest BCUT2D eigenvalue weighted by Crippen LogP contribution is -2.51. The van der Waals surface area contributed by atoms with E-state index >= 15 is 0 Å². The number of carbonyl (C=O) groups excluding carboxylic acids is 2. The molecule has 2 aliphatic rings. The van der Waals surface area contributed by atoms with Crippen LogP contribution in [-0.4, -0.2) is 60.8 Å². The van der Waals surface area contributed by atoms with E-state index in [1.54, 1.807) is 27.3 Å². The van der Waals surface area contributed by atoms with Gasteiger partial charge in [0.1, 0.15) is 34.6 Å². The minimum Gasteiger partial charge on any atom is -0.497 e. The maximum atomic E-state index is 14.0. The zero-order valence-electron chi connectivity index (χ0n) is 18.0. The third-order valence-electron chi connectivity index (χ3n) is 6.17. The quantitative estimate of drug-likeness (QED) is 0.652. The zero-order chi connectivity index (χ0) is 22.5. The molecule has 2 fully saturated rings. The summed E-state index contributed by atoms with van der Waals surface area (Å²) in [6.45, 7) is 0.180. The number of aromatic nitrogens is 2. The van der Waals surface area contributed by atoms with E-state index in [1.165, 1.54) is 0 Å². The molecule has 3 heterocycles. The first kappa shape index (κ1) is 20.0. The summed E-state index contributed by atoms with van der Waals surface area (Å²) in [6.07, 6.45) is 0.0289. The van der Waals surface area contributed by atoms with Crippen LogP contribution in [0.25, 0.3) is 11.0 Å². The van der Waals surface area contributed by atoms with E-state index in [1.807, 2.05) is 41.3 Å². The van der Waals surface area contributed by atoms with Crippen LogP contribution in [0.4, 0.5) is 5.69 Å². The lowest BCUT2D eigenvalue weighted by molar-refractivity contribution is -0.125. The highest BCUT2D eigenvalue weighted by atomic mass is 16.5. The van der Waals surface area contributed by atoms with Crippen molar-refractivity contribution in [3.63, 3.8) is 0 Å². The number of imidazole rings is 1. The van der Waals surface area contributed by atoms with Crippen LogP contribution >= 0.6 is 0 Å². The van der Waals surface area contributed by atoms with Gasteiger partial charge in [-0.15, -0.1) is 0 Å². The maximum absolute atomic E-state index is 14.0. The van der Waals surface area contributed by atoms with Crippen LogP contribution in [0.3, 0.4) is 0 Å². The van der Waals surface area contributed by atoms with E-state index in [9.17, 15) is 9.59 Å². The second-order valence-corrected chi connectivity index (χ2v) is 7.91. The molecule has 2 unspecified atom stereocenters. The Hall–Kier alpha value is -3.88. The standard InChI is InChI=1S/C23H23N5O4/c1-24-22-19(21-26-16-6-4-5-7-17(16)27-21)20(30)23(11-18(29)25-12-23)28(22)13-8-14(31-2)10-15(9-13)32-3/h4-10,19H,11-12H2,1-3H3,(H,25,29)(H,26,27). The first-order valence-corrected chi connectivity index (χ1v) is 10.3. The number of hydrogen-bond donors (Lipinski definition) is 2. The Bertz CT molecular complexity index is 1210. The normalized spacial score (nSPS) is 24.0. The Kier molecular flexibility index (Phi) is 4.61. The minimum atomic E-state index is -1.12. The Morgan fingerprint density at radius 3 is 2.44 bits per heavy atom. The molecule has 2 N–H and O–H groups in total. The van der Waals surface area contributed by atoms with Crippen LogP contribution in [0.15, 0.2) is 47.5 Å². The number of carbonyl (C=O) groups is 2. The molecule has 1 aromatic heterocycles. The van der Waals surface area contributed by atoms with Gasteiger partial charge in [0.25, 0.3) is 0 Å². The third-order valence-corrected chi connectivity index (χ3v) is 6.17. The van der Waals surface area contributed by atoms with Crippen molar-refractivity contribution >= 4 is 34.2 Å². The van der Waals surface area contributed by atoms with Crippen molar-refractivity contribution in [2.24, 2.45) is 4.99 Å². The molecular weight excluding hydrogens is 410 g/mol. The fraction of sp³-hybridized carbons (Fsp3) is 0.304. The number of H-pyrrole nitrogens is 1. The predicted octanol–water partition coefficient (Wildman–Crippen LogP) is 2.04. The summed E-state index contributed by atoms with van der Waals surface area (Å²) < 4.78 is 10.9. The molecule has 2 atom stereocenters. The van der Waals surface area contributed by atoms with Gasteiger partial charge in [0.15, 0.2) is 5.78 Å². The highest BCUT2D eigenvalue weighted by Gasteiger charge is 2.61. The van der Waals surface area contributed by atoms with Crippen molar-refractivity contribution in [2.45, 2.75) is 17.9 Å². The summed E-state index contributed by atoms with van der Waals surface area (Å²) in [4.78, 5) is 40.6. The van der Waals surface area contributed by atoms with Crippen LogP contribution in [0, 0.1) is 0 Å². The van der Waals surface area contributed by atoms with Gasteiger partial charge in [0, 0.05) is 31.8 Å². The summed E-state index contributed by atoms with van der Waals surface area (Å²) in [6, 6.07) is 13.0. The van der Waals surface area contributed by atoms with E-state index < -0.39 is 11.5 Å². The number of rotatable bonds is 4. The number of ether oxygens (including phenoxy) is 2. The molecule has 2 aromatic carbocycles. The fourth-order valence-corrected chi connectivity index (χ4v) is 4.70. The maximum Gasteiger partial charge on any atom is 0.223 e. The monoisotopic (exact) mass is 433 g/mol. The van der Waals surface area contributed by atoms with Crippen molar-refractivity contribution in [3.8, 4) is 11.5 Å². The molecule has 0 radical (unpaired) electrons. The summed E-state index contributed by atoms with van der Waals surface area (Å²) in [5.41, 5.74) is 1.14. The molecule has 9 heteroatoms. The first-order valence-electron chi connectivity index (χ1n) is 10.3. The van der Waals surface area contributed by atoms with Gasteiger partial charge in [-0.3, -0.25) is 14.6 Å². The number of aliphatic imine (C=N–C) groups is 1.